The molecule has 3 rings (SSSR count). The first-order chi connectivity index (χ1) is 14.6. The Labute approximate surface area is 193 Å². The molecule has 0 amide bonds. The molecule has 0 N–H and O–H groups in total. The zero-order valence-corrected chi connectivity index (χ0v) is 20.8. The van der Waals surface area contributed by atoms with Crippen LogP contribution in [0.3, 0.4) is 0 Å². The molecule has 0 saturated heterocycles. The van der Waals surface area contributed by atoms with Crippen molar-refractivity contribution in [2.75, 3.05) is 18.5 Å². The molecule has 0 saturated carbocycles. The molecule has 0 bridgehead atoms. The standard InChI is InChI=1S/C27H35Cl2P/c1-3-5-18-30(19-6-4-2,20-12-17-26(28)29)27-24-16-11-10-15-23(24)21-25(27)22-13-8-7-9-14-22/h7-11,13-16,21,26H,3-6,12,17-20H2,1-2H3. The number of hydrogen-bond donors (Lipinski definition) is 0. The van der Waals surface area contributed by atoms with E-state index in [1.165, 1.54) is 66.4 Å². The molecular formula is C27H35Cl2P. The maximum absolute atomic E-state index is 6.14. The van der Waals surface area contributed by atoms with Crippen molar-refractivity contribution in [3.63, 3.8) is 0 Å². The van der Waals surface area contributed by atoms with Crippen molar-refractivity contribution >= 4 is 47.0 Å². The van der Waals surface area contributed by atoms with Crippen LogP contribution in [0.4, 0.5) is 0 Å². The third-order valence-electron chi connectivity index (χ3n) is 6.22. The Morgan fingerprint density at radius 1 is 0.767 bits per heavy atom. The largest absolute Gasteiger partial charge is 0.107 e. The summed E-state index contributed by atoms with van der Waals surface area (Å²) >= 11 is 12.3. The summed E-state index contributed by atoms with van der Waals surface area (Å²) in [5, 5.41) is 1.67. The van der Waals surface area contributed by atoms with Crippen molar-refractivity contribution in [3.8, 4) is 0 Å². The minimum Gasteiger partial charge on any atom is -0.105 e. The van der Waals surface area contributed by atoms with Crippen molar-refractivity contribution in [3.05, 3.63) is 71.3 Å². The SMILES string of the molecule is CCCCP(CCCC)(CCCC(Cl)Cl)=C1C(c2ccccc2)=Cc2ccccc21. The molecule has 1 aliphatic carbocycles. The zero-order chi connectivity index (χ0) is 21.4. The smallest absolute Gasteiger partial charge is 0.105 e. The summed E-state index contributed by atoms with van der Waals surface area (Å²) in [4.78, 5) is -0.255. The van der Waals surface area contributed by atoms with Crippen molar-refractivity contribution in [1.29, 1.82) is 0 Å². The van der Waals surface area contributed by atoms with Gasteiger partial charge in [-0.15, -0.1) is 23.2 Å². The highest BCUT2D eigenvalue weighted by atomic mass is 35.5. The quantitative estimate of drug-likeness (QED) is 0.231. The molecule has 0 atom stereocenters. The fourth-order valence-corrected chi connectivity index (χ4v) is 10.4. The number of allylic oxidation sites excluding steroid dienone is 1. The second kappa shape index (κ2) is 11.6. The van der Waals surface area contributed by atoms with Gasteiger partial charge in [0.2, 0.25) is 0 Å². The minimum atomic E-state index is -1.36. The first-order valence-electron chi connectivity index (χ1n) is 11.5. The van der Waals surface area contributed by atoms with Gasteiger partial charge in [-0.3, -0.25) is 0 Å². The molecule has 1 aliphatic rings. The number of unbranched alkanes of at least 4 members (excludes halogenated alkanes) is 2. The van der Waals surface area contributed by atoms with E-state index in [0.29, 0.717) is 0 Å². The van der Waals surface area contributed by atoms with Crippen LogP contribution < -0.4 is 0 Å². The molecule has 0 unspecified atom stereocenters. The summed E-state index contributed by atoms with van der Waals surface area (Å²) in [6, 6.07) is 20.0. The highest BCUT2D eigenvalue weighted by molar-refractivity contribution is 7.77. The number of rotatable bonds is 11. The Morgan fingerprint density at radius 3 is 2.00 bits per heavy atom. The van der Waals surface area contributed by atoms with Gasteiger partial charge in [-0.1, -0.05) is 88.2 Å². The van der Waals surface area contributed by atoms with Crippen LogP contribution in [-0.4, -0.2) is 28.6 Å². The molecule has 0 radical (unpaired) electrons. The van der Waals surface area contributed by atoms with Crippen LogP contribution in [0.1, 0.15) is 69.1 Å². The highest BCUT2D eigenvalue weighted by Gasteiger charge is 2.30. The number of fused-ring (bicyclic) bond motifs is 1. The topological polar surface area (TPSA) is 0 Å². The average Bonchev–Trinajstić information content (AvgIpc) is 3.16. The van der Waals surface area contributed by atoms with E-state index in [1.54, 1.807) is 5.29 Å². The van der Waals surface area contributed by atoms with Gasteiger partial charge < -0.3 is 0 Å². The molecule has 0 spiro atoms. The first-order valence-corrected chi connectivity index (χ1v) is 14.7. The molecular weight excluding hydrogens is 426 g/mol. The second-order valence-electron chi connectivity index (χ2n) is 8.42. The summed E-state index contributed by atoms with van der Waals surface area (Å²) < 4.78 is 0. The fraction of sp³-hybridized carbons (Fsp3) is 0.444. The molecule has 30 heavy (non-hydrogen) atoms. The zero-order valence-electron chi connectivity index (χ0n) is 18.4. The Balaban J connectivity index is 2.21. The lowest BCUT2D eigenvalue weighted by Gasteiger charge is -2.32. The maximum Gasteiger partial charge on any atom is 0.107 e. The molecule has 2 aromatic carbocycles. The van der Waals surface area contributed by atoms with Crippen LogP contribution >= 0.6 is 30.1 Å². The maximum atomic E-state index is 6.14. The van der Waals surface area contributed by atoms with Gasteiger partial charge in [0.1, 0.15) is 4.84 Å². The van der Waals surface area contributed by atoms with E-state index in [-0.39, 0.29) is 4.84 Å². The van der Waals surface area contributed by atoms with Crippen LogP contribution in [0.25, 0.3) is 11.6 Å². The number of halogens is 2. The van der Waals surface area contributed by atoms with Crippen molar-refractivity contribution in [2.24, 2.45) is 0 Å². The van der Waals surface area contributed by atoms with E-state index < -0.39 is 6.89 Å². The normalized spacial score (nSPS) is 13.6. The van der Waals surface area contributed by atoms with Crippen molar-refractivity contribution in [1.82, 2.24) is 0 Å². The summed E-state index contributed by atoms with van der Waals surface area (Å²) in [6.07, 6.45) is 13.5. The van der Waals surface area contributed by atoms with E-state index in [2.05, 4.69) is 74.5 Å². The summed E-state index contributed by atoms with van der Waals surface area (Å²) in [6.45, 7) is 3.29. The molecule has 0 nitrogen and oxygen atoms in total. The minimum absolute atomic E-state index is 0.255. The van der Waals surface area contributed by atoms with Gasteiger partial charge in [0, 0.05) is 0 Å². The van der Waals surface area contributed by atoms with E-state index in [4.69, 9.17) is 23.2 Å². The van der Waals surface area contributed by atoms with Crippen molar-refractivity contribution < 1.29 is 0 Å². The second-order valence-corrected chi connectivity index (χ2v) is 13.8. The lowest BCUT2D eigenvalue weighted by molar-refractivity contribution is 0.835. The highest BCUT2D eigenvalue weighted by Crippen LogP contribution is 2.57. The number of alkyl halides is 2. The fourth-order valence-electron chi connectivity index (χ4n) is 4.70. The van der Waals surface area contributed by atoms with Gasteiger partial charge in [-0.25, -0.2) is 0 Å². The molecule has 0 aliphatic heterocycles. The third kappa shape index (κ3) is 5.64. The summed E-state index contributed by atoms with van der Waals surface area (Å²) in [5.74, 6) is 0. The predicted molar refractivity (Wildman–Crippen MR) is 141 cm³/mol. The molecule has 0 fully saturated rings. The molecule has 162 valence electrons. The van der Waals surface area contributed by atoms with Crippen LogP contribution in [-0.2, 0) is 0 Å². The van der Waals surface area contributed by atoms with E-state index >= 15 is 0 Å². The lowest BCUT2D eigenvalue weighted by Crippen LogP contribution is -2.14. The van der Waals surface area contributed by atoms with E-state index in [9.17, 15) is 0 Å². The lowest BCUT2D eigenvalue weighted by atomic mass is 10.0. The average molecular weight is 461 g/mol. The Kier molecular flexibility index (Phi) is 9.18. The number of benzene rings is 2. The Morgan fingerprint density at radius 2 is 1.37 bits per heavy atom. The molecule has 3 heteroatoms. The van der Waals surface area contributed by atoms with Gasteiger partial charge in [0.15, 0.2) is 0 Å². The predicted octanol–water partition coefficient (Wildman–Crippen LogP) is 8.96. The third-order valence-corrected chi connectivity index (χ3v) is 11.6. The molecule has 2 aromatic rings. The van der Waals surface area contributed by atoms with Crippen LogP contribution in [0.2, 0.25) is 0 Å². The van der Waals surface area contributed by atoms with Gasteiger partial charge in [-0.2, -0.15) is 0 Å². The van der Waals surface area contributed by atoms with E-state index in [1.807, 2.05) is 0 Å². The van der Waals surface area contributed by atoms with E-state index in [0.717, 1.165) is 12.8 Å². The molecule has 0 aromatic heterocycles. The molecule has 0 heterocycles. The van der Waals surface area contributed by atoms with Gasteiger partial charge >= 0.3 is 0 Å². The van der Waals surface area contributed by atoms with Crippen LogP contribution in [0.5, 0.6) is 0 Å². The monoisotopic (exact) mass is 460 g/mol. The van der Waals surface area contributed by atoms with Gasteiger partial charge in [0.25, 0.3) is 0 Å². The number of hydrogen-bond acceptors (Lipinski definition) is 0. The van der Waals surface area contributed by atoms with Gasteiger partial charge in [0.05, 0.1) is 0 Å². The summed E-state index contributed by atoms with van der Waals surface area (Å²) in [7, 11) is 0. The van der Waals surface area contributed by atoms with Gasteiger partial charge in [-0.05, 0) is 77.8 Å². The van der Waals surface area contributed by atoms with Crippen LogP contribution in [0.15, 0.2) is 54.6 Å². The summed E-state index contributed by atoms with van der Waals surface area (Å²) in [5.41, 5.74) is 5.68. The van der Waals surface area contributed by atoms with Crippen molar-refractivity contribution in [2.45, 2.75) is 57.2 Å². The Hall–Kier alpha value is -0.940. The first kappa shape index (κ1) is 23.7. The van der Waals surface area contributed by atoms with Crippen LogP contribution in [0, 0.1) is 0 Å². The Bertz CT molecular complexity index is 884.